The zero-order chi connectivity index (χ0) is 61.5. The molecule has 2 aliphatic rings. The monoisotopic (exact) mass is 1240 g/mol. The van der Waals surface area contributed by atoms with Crippen LogP contribution in [0.15, 0.2) is 245 Å². The average molecular weight is 1240 g/mol. The molecule has 0 radical (unpaired) electrons. The molecule has 2 N–H and O–H groups in total. The Bertz CT molecular complexity index is 4040. The maximum Gasteiger partial charge on any atom is 0.379 e. The third kappa shape index (κ3) is 12.7. The van der Waals surface area contributed by atoms with Crippen LogP contribution >= 0.6 is 34.9 Å². The molecule has 0 unspecified atom stereocenters. The Morgan fingerprint density at radius 1 is 0.674 bits per heavy atom. The van der Waals surface area contributed by atoms with Crippen LogP contribution in [0.4, 0.5) is 5.13 Å². The van der Waals surface area contributed by atoms with Crippen LogP contribution in [0.2, 0.25) is 0 Å². The summed E-state index contributed by atoms with van der Waals surface area (Å²) in [6, 6.07) is 68.4. The highest BCUT2D eigenvalue weighted by Gasteiger charge is 2.55. The molecule has 10 aromatic rings. The third-order valence-corrected chi connectivity index (χ3v) is 18.3. The fourth-order valence-corrected chi connectivity index (χ4v) is 13.9. The number of esters is 2. The van der Waals surface area contributed by atoms with Gasteiger partial charge in [-0.2, -0.15) is 9.50 Å². The van der Waals surface area contributed by atoms with Crippen LogP contribution in [-0.4, -0.2) is 94.7 Å². The molecular weight excluding hydrogens is 1180 g/mol. The minimum Gasteiger partial charge on any atom is -0.448 e. The lowest BCUT2D eigenvalue weighted by Crippen LogP contribution is -2.71. The number of fused-ring (bicyclic) bond motifs is 2. The number of hydrogen-bond donors (Lipinski definition) is 2. The van der Waals surface area contributed by atoms with Gasteiger partial charge in [0.15, 0.2) is 23.1 Å². The van der Waals surface area contributed by atoms with Crippen LogP contribution < -0.4 is 10.6 Å². The number of nitrogens with zero attached hydrogens (tertiary/aromatic N) is 7. The Kier molecular flexibility index (Phi) is 17.6. The largest absolute Gasteiger partial charge is 0.448 e. The van der Waals surface area contributed by atoms with Gasteiger partial charge < -0.3 is 29.7 Å². The standard InChI is InChI=1S/C69H59N9O8S3/c1-44-40-54(78-66(70-44)73-60(75-78)65(82)85-59(47-30-16-7-17-31-47)48-32-18-8-19-33-48)87-41-49-42-88-63-56(62(80)77(63)57(49)64(81)84-58(45-26-12-5-13-27-45)46-28-14-6-15-29-46)72-61(79)55(76-86-68(2,3)83-4)53-43-89-67(71-53)74-69(50-34-20-9-21-35-50,51-36-22-10-23-37-51)52-38-24-11-25-39-52/h5-40,43,56,58-59,63H,41-42H2,1-4H3,(H,71,74)(H,72,79)/t56-,63-/m1/s1. The summed E-state index contributed by atoms with van der Waals surface area (Å²) in [6.07, 6.45) is -1.59. The van der Waals surface area contributed by atoms with Gasteiger partial charge in [-0.25, -0.2) is 19.6 Å². The predicted octanol–water partition coefficient (Wildman–Crippen LogP) is 12.1. The number of thioether (sulfide) groups is 2. The van der Waals surface area contributed by atoms with Crippen molar-refractivity contribution in [3.05, 3.63) is 291 Å². The van der Waals surface area contributed by atoms with E-state index in [4.69, 9.17) is 24.0 Å². The second-order valence-electron chi connectivity index (χ2n) is 21.3. The molecule has 3 aromatic heterocycles. The van der Waals surface area contributed by atoms with E-state index in [9.17, 15) is 14.4 Å². The summed E-state index contributed by atoms with van der Waals surface area (Å²) in [5.41, 5.74) is 6.05. The van der Waals surface area contributed by atoms with Crippen molar-refractivity contribution >= 4 is 75.2 Å². The molecule has 2 amide bonds. The summed E-state index contributed by atoms with van der Waals surface area (Å²) in [5, 5.41) is 17.7. The van der Waals surface area contributed by atoms with E-state index in [2.05, 4.69) is 67.3 Å². The number of aryl methyl sites for hydroxylation is 1. The fraction of sp³-hybridized carbons (Fsp3) is 0.174. The van der Waals surface area contributed by atoms with E-state index < -0.39 is 58.7 Å². The summed E-state index contributed by atoms with van der Waals surface area (Å²) < 4.78 is 19.7. The summed E-state index contributed by atoms with van der Waals surface area (Å²) in [6.45, 7) is 5.10. The number of β-lactam (4-membered cyclic amide) rings is 1. The normalized spacial score (nSPS) is 15.1. The van der Waals surface area contributed by atoms with Gasteiger partial charge in [-0.15, -0.1) is 40.0 Å². The number of carbonyl (C=O) groups is 4. The smallest absolute Gasteiger partial charge is 0.379 e. The number of thiazole rings is 1. The van der Waals surface area contributed by atoms with Gasteiger partial charge in [0.25, 0.3) is 23.4 Å². The van der Waals surface area contributed by atoms with Gasteiger partial charge in [0.05, 0.1) is 0 Å². The van der Waals surface area contributed by atoms with Gasteiger partial charge in [-0.1, -0.05) is 217 Å². The first-order valence-corrected chi connectivity index (χ1v) is 31.5. The first-order valence-electron chi connectivity index (χ1n) is 28.6. The van der Waals surface area contributed by atoms with Crippen molar-refractivity contribution in [2.24, 2.45) is 5.16 Å². The number of oxime groups is 1. The zero-order valence-electron chi connectivity index (χ0n) is 48.7. The number of aromatic nitrogens is 5. The molecule has 7 aromatic carbocycles. The second kappa shape index (κ2) is 26.3. The maximum atomic E-state index is 15.2. The molecule has 0 bridgehead atoms. The quantitative estimate of drug-likeness (QED) is 0.00948. The van der Waals surface area contributed by atoms with E-state index in [1.54, 1.807) is 32.2 Å². The highest BCUT2D eigenvalue weighted by molar-refractivity contribution is 8.01. The van der Waals surface area contributed by atoms with Gasteiger partial charge in [-0.3, -0.25) is 14.5 Å². The molecule has 5 heterocycles. The molecule has 17 nitrogen and oxygen atoms in total. The summed E-state index contributed by atoms with van der Waals surface area (Å²) in [5.74, 6) is -3.68. The van der Waals surface area contributed by atoms with Gasteiger partial charge in [0.1, 0.15) is 33.4 Å². The third-order valence-electron chi connectivity index (χ3n) is 15.1. The molecule has 20 heteroatoms. The van der Waals surface area contributed by atoms with Crippen molar-refractivity contribution in [1.29, 1.82) is 0 Å². The number of amides is 2. The highest BCUT2D eigenvalue weighted by Crippen LogP contribution is 2.44. The number of ether oxygens (including phenoxy) is 3. The average Bonchev–Trinajstić information content (AvgIpc) is 1.73. The van der Waals surface area contributed by atoms with Crippen molar-refractivity contribution in [3.63, 3.8) is 0 Å². The van der Waals surface area contributed by atoms with Crippen LogP contribution in [-0.2, 0) is 39.0 Å². The molecule has 12 rings (SSSR count). The van der Waals surface area contributed by atoms with E-state index in [-0.39, 0.29) is 40.2 Å². The molecule has 0 saturated carbocycles. The topological polar surface area (TPSA) is 201 Å². The van der Waals surface area contributed by atoms with Gasteiger partial charge in [0.2, 0.25) is 5.79 Å². The molecular formula is C69H59N9O8S3. The van der Waals surface area contributed by atoms with Gasteiger partial charge in [-0.05, 0) is 57.5 Å². The van der Waals surface area contributed by atoms with E-state index in [0.29, 0.717) is 21.4 Å². The van der Waals surface area contributed by atoms with Crippen LogP contribution in [0, 0.1) is 6.92 Å². The van der Waals surface area contributed by atoms with E-state index in [0.717, 1.165) is 38.9 Å². The van der Waals surface area contributed by atoms with Crippen molar-refractivity contribution in [2.75, 3.05) is 23.9 Å². The Morgan fingerprint density at radius 2 is 1.16 bits per heavy atom. The molecule has 0 spiro atoms. The fourth-order valence-electron chi connectivity index (χ4n) is 10.6. The summed E-state index contributed by atoms with van der Waals surface area (Å²) in [7, 11) is 1.46. The summed E-state index contributed by atoms with van der Waals surface area (Å²) >= 11 is 3.97. The highest BCUT2D eigenvalue weighted by atomic mass is 32.2. The lowest BCUT2D eigenvalue weighted by molar-refractivity contribution is -0.197. The number of carbonyl (C=O) groups excluding carboxylic acids is 4. The van der Waals surface area contributed by atoms with Crippen LogP contribution in [0.5, 0.6) is 0 Å². The van der Waals surface area contributed by atoms with Gasteiger partial charge in [0, 0.05) is 43.5 Å². The SMILES string of the molecule is COC(C)(C)ON=C(C(=O)N[C@@H]1C(=O)N2C(C(=O)OC(c3ccccc3)c3ccccc3)=C(CSc3cc(C)nc4nc(C(=O)OC(c5ccccc5)c5ccccc5)nn34)CS[C@H]12)c1csc(NC(c2ccccc2)(c2ccccc2)c2ccccc2)n1. The van der Waals surface area contributed by atoms with Crippen molar-refractivity contribution in [1.82, 2.24) is 34.8 Å². The molecule has 89 heavy (non-hydrogen) atoms. The van der Waals surface area contributed by atoms with E-state index in [1.165, 1.54) is 51.4 Å². The zero-order valence-corrected chi connectivity index (χ0v) is 51.2. The minimum absolute atomic E-state index is 0.0411. The molecule has 1 fully saturated rings. The lowest BCUT2D eigenvalue weighted by Gasteiger charge is -2.49. The number of rotatable bonds is 22. The first-order chi connectivity index (χ1) is 43.4. The number of methoxy groups -OCH3 is 1. The van der Waals surface area contributed by atoms with E-state index in [1.807, 2.05) is 176 Å². The Labute approximate surface area is 526 Å². The Morgan fingerprint density at radius 3 is 1.65 bits per heavy atom. The van der Waals surface area contributed by atoms with Crippen LogP contribution in [0.3, 0.4) is 0 Å². The molecule has 2 aliphatic heterocycles. The lowest BCUT2D eigenvalue weighted by atomic mass is 9.77. The van der Waals surface area contributed by atoms with Crippen LogP contribution in [0.1, 0.15) is 87.0 Å². The molecule has 0 aliphatic carbocycles. The van der Waals surface area contributed by atoms with Crippen molar-refractivity contribution in [2.45, 2.75) is 60.7 Å². The number of benzene rings is 7. The number of anilines is 1. The van der Waals surface area contributed by atoms with Crippen LogP contribution in [0.25, 0.3) is 5.78 Å². The second-order valence-corrected chi connectivity index (χ2v) is 24.3. The molecule has 2 atom stereocenters. The number of nitrogens with one attached hydrogen (secondary N) is 2. The van der Waals surface area contributed by atoms with E-state index >= 15 is 4.79 Å². The Balaban J connectivity index is 0.849. The van der Waals surface area contributed by atoms with Gasteiger partial charge >= 0.3 is 11.9 Å². The maximum absolute atomic E-state index is 15.2. The van der Waals surface area contributed by atoms with Crippen molar-refractivity contribution in [3.8, 4) is 0 Å². The molecule has 1 saturated heterocycles. The predicted molar refractivity (Wildman–Crippen MR) is 343 cm³/mol. The summed E-state index contributed by atoms with van der Waals surface area (Å²) in [4.78, 5) is 80.6. The molecule has 446 valence electrons. The minimum atomic E-state index is -1.27. The van der Waals surface area contributed by atoms with Crippen molar-refractivity contribution < 1.29 is 38.2 Å². The Hall–Kier alpha value is -9.73. The first kappa shape index (κ1) is 59.6. The number of hydrogen-bond acceptors (Lipinski definition) is 17.